The van der Waals surface area contributed by atoms with Crippen molar-refractivity contribution in [1.82, 2.24) is 14.9 Å². The van der Waals surface area contributed by atoms with E-state index >= 15 is 0 Å². The number of anilines is 1. The van der Waals surface area contributed by atoms with Crippen molar-refractivity contribution in [3.8, 4) is 10.7 Å². The fraction of sp³-hybridized carbons (Fsp3) is 0.409. The predicted octanol–water partition coefficient (Wildman–Crippen LogP) is 4.44. The van der Waals surface area contributed by atoms with Gasteiger partial charge in [0.15, 0.2) is 5.82 Å². The number of nitrogens with zero attached hydrogens (tertiary/aromatic N) is 4. The summed E-state index contributed by atoms with van der Waals surface area (Å²) in [5, 5.41) is 3.12. The van der Waals surface area contributed by atoms with Crippen molar-refractivity contribution < 1.29 is 4.79 Å². The molecule has 146 valence electrons. The predicted molar refractivity (Wildman–Crippen MR) is 116 cm³/mol. The molecule has 28 heavy (non-hydrogen) atoms. The van der Waals surface area contributed by atoms with Crippen LogP contribution in [0.5, 0.6) is 0 Å². The lowest BCUT2D eigenvalue weighted by Gasteiger charge is -2.37. The number of rotatable bonds is 5. The number of aromatic nitrogens is 2. The zero-order valence-corrected chi connectivity index (χ0v) is 17.3. The van der Waals surface area contributed by atoms with Gasteiger partial charge in [0, 0.05) is 37.5 Å². The first-order chi connectivity index (χ1) is 13.7. The van der Waals surface area contributed by atoms with Gasteiger partial charge in [-0.2, -0.15) is 0 Å². The molecule has 3 heterocycles. The van der Waals surface area contributed by atoms with Gasteiger partial charge in [-0.15, -0.1) is 11.3 Å². The first-order valence-electron chi connectivity index (χ1n) is 10.1. The standard InChI is InChI=1S/C22H26N4OS/c1-3-16(4-2)22(27)26-13-11-25(12-14-26)21-17-8-5-6-9-18(17)23-20(24-21)19-10-7-15-28-19/h5-10,15-16H,3-4,11-14H2,1-2H3. The van der Waals surface area contributed by atoms with Crippen LogP contribution in [0.3, 0.4) is 0 Å². The lowest BCUT2D eigenvalue weighted by molar-refractivity contribution is -0.136. The van der Waals surface area contributed by atoms with Gasteiger partial charge in [-0.1, -0.05) is 32.0 Å². The number of benzene rings is 1. The molecule has 1 amide bonds. The van der Waals surface area contributed by atoms with Gasteiger partial charge in [-0.25, -0.2) is 9.97 Å². The lowest BCUT2D eigenvalue weighted by atomic mass is 10.0. The van der Waals surface area contributed by atoms with Crippen molar-refractivity contribution >= 4 is 34.0 Å². The number of amides is 1. The van der Waals surface area contributed by atoms with Crippen molar-refractivity contribution in [2.24, 2.45) is 5.92 Å². The summed E-state index contributed by atoms with van der Waals surface area (Å²) in [6.07, 6.45) is 1.83. The summed E-state index contributed by atoms with van der Waals surface area (Å²) in [7, 11) is 0. The number of para-hydroxylation sites is 1. The van der Waals surface area contributed by atoms with Crippen LogP contribution in [0.2, 0.25) is 0 Å². The molecule has 6 heteroatoms. The molecule has 0 radical (unpaired) electrons. The van der Waals surface area contributed by atoms with Crippen LogP contribution >= 0.6 is 11.3 Å². The number of piperazine rings is 1. The summed E-state index contributed by atoms with van der Waals surface area (Å²) in [6.45, 7) is 7.31. The van der Waals surface area contributed by atoms with Crippen LogP contribution in [0.15, 0.2) is 41.8 Å². The molecular formula is C22H26N4OS. The molecular weight excluding hydrogens is 368 g/mol. The Morgan fingerprint density at radius 3 is 2.46 bits per heavy atom. The Labute approximate surface area is 170 Å². The Morgan fingerprint density at radius 2 is 1.79 bits per heavy atom. The van der Waals surface area contributed by atoms with E-state index in [4.69, 9.17) is 9.97 Å². The monoisotopic (exact) mass is 394 g/mol. The van der Waals surface area contributed by atoms with Crippen molar-refractivity contribution in [2.45, 2.75) is 26.7 Å². The zero-order chi connectivity index (χ0) is 19.5. The largest absolute Gasteiger partial charge is 0.352 e. The van der Waals surface area contributed by atoms with Gasteiger partial charge in [0.1, 0.15) is 5.82 Å². The quantitative estimate of drug-likeness (QED) is 0.642. The molecule has 1 aliphatic rings. The van der Waals surface area contributed by atoms with Crippen LogP contribution in [0.25, 0.3) is 21.6 Å². The van der Waals surface area contributed by atoms with E-state index in [1.54, 1.807) is 11.3 Å². The van der Waals surface area contributed by atoms with Gasteiger partial charge >= 0.3 is 0 Å². The summed E-state index contributed by atoms with van der Waals surface area (Å²) >= 11 is 1.66. The molecule has 0 unspecified atom stereocenters. The minimum absolute atomic E-state index is 0.150. The van der Waals surface area contributed by atoms with E-state index in [0.717, 1.165) is 66.4 Å². The third-order valence-electron chi connectivity index (χ3n) is 5.55. The van der Waals surface area contributed by atoms with Crippen LogP contribution in [-0.2, 0) is 4.79 Å². The smallest absolute Gasteiger partial charge is 0.225 e. The Morgan fingerprint density at radius 1 is 1.04 bits per heavy atom. The molecule has 1 saturated heterocycles. The molecule has 1 fully saturated rings. The number of thiophene rings is 1. The van der Waals surface area contributed by atoms with Crippen molar-refractivity contribution in [3.05, 3.63) is 41.8 Å². The summed E-state index contributed by atoms with van der Waals surface area (Å²) in [4.78, 5) is 27.8. The lowest BCUT2D eigenvalue weighted by Crippen LogP contribution is -2.50. The Hall–Kier alpha value is -2.47. The van der Waals surface area contributed by atoms with Crippen LogP contribution in [0.4, 0.5) is 5.82 Å². The molecule has 0 N–H and O–H groups in total. The van der Waals surface area contributed by atoms with Crippen molar-refractivity contribution in [2.75, 3.05) is 31.1 Å². The topological polar surface area (TPSA) is 49.3 Å². The Bertz CT molecular complexity index is 944. The molecule has 0 atom stereocenters. The SMILES string of the molecule is CCC(CC)C(=O)N1CCN(c2nc(-c3cccs3)nc3ccccc23)CC1. The summed E-state index contributed by atoms with van der Waals surface area (Å²) < 4.78 is 0. The number of fused-ring (bicyclic) bond motifs is 1. The maximum atomic E-state index is 12.7. The van der Waals surface area contributed by atoms with Crippen molar-refractivity contribution in [3.63, 3.8) is 0 Å². The first kappa shape index (κ1) is 18.9. The van der Waals surface area contributed by atoms with Gasteiger partial charge in [-0.05, 0) is 36.4 Å². The van der Waals surface area contributed by atoms with E-state index in [0.29, 0.717) is 5.91 Å². The molecule has 1 aromatic carbocycles. The van der Waals surface area contributed by atoms with Gasteiger partial charge < -0.3 is 9.80 Å². The third kappa shape index (κ3) is 3.61. The molecule has 0 bridgehead atoms. The highest BCUT2D eigenvalue weighted by Gasteiger charge is 2.27. The highest BCUT2D eigenvalue weighted by atomic mass is 32.1. The molecule has 0 spiro atoms. The Kier molecular flexibility index (Phi) is 5.57. The molecule has 1 aliphatic heterocycles. The van der Waals surface area contributed by atoms with E-state index < -0.39 is 0 Å². The zero-order valence-electron chi connectivity index (χ0n) is 16.5. The first-order valence-corrected chi connectivity index (χ1v) is 10.9. The summed E-state index contributed by atoms with van der Waals surface area (Å²) in [5.74, 6) is 2.20. The summed E-state index contributed by atoms with van der Waals surface area (Å²) in [6, 6.07) is 12.3. The molecule has 5 nitrogen and oxygen atoms in total. The second kappa shape index (κ2) is 8.27. The van der Waals surface area contributed by atoms with Gasteiger partial charge in [-0.3, -0.25) is 4.79 Å². The number of hydrogen-bond acceptors (Lipinski definition) is 5. The normalized spacial score (nSPS) is 14.8. The fourth-order valence-corrected chi connectivity index (χ4v) is 4.51. The van der Waals surface area contributed by atoms with E-state index in [1.165, 1.54) is 0 Å². The van der Waals surface area contributed by atoms with Gasteiger partial charge in [0.25, 0.3) is 0 Å². The second-order valence-electron chi connectivity index (χ2n) is 7.19. The molecule has 4 rings (SSSR count). The summed E-state index contributed by atoms with van der Waals surface area (Å²) in [5.41, 5.74) is 0.964. The number of hydrogen-bond donors (Lipinski definition) is 0. The molecule has 2 aromatic heterocycles. The van der Waals surface area contributed by atoms with E-state index in [-0.39, 0.29) is 5.92 Å². The third-order valence-corrected chi connectivity index (χ3v) is 6.42. The average Bonchev–Trinajstić information content (AvgIpc) is 3.29. The van der Waals surface area contributed by atoms with Crippen LogP contribution < -0.4 is 4.90 Å². The van der Waals surface area contributed by atoms with Crippen LogP contribution in [0.1, 0.15) is 26.7 Å². The van der Waals surface area contributed by atoms with Crippen LogP contribution in [0, 0.1) is 5.92 Å². The average molecular weight is 395 g/mol. The molecule has 0 saturated carbocycles. The number of carbonyl (C=O) groups excluding carboxylic acids is 1. The molecule has 3 aromatic rings. The molecule has 0 aliphatic carbocycles. The van der Waals surface area contributed by atoms with E-state index in [9.17, 15) is 4.79 Å². The van der Waals surface area contributed by atoms with E-state index in [1.807, 2.05) is 29.2 Å². The highest BCUT2D eigenvalue weighted by Crippen LogP contribution is 2.30. The second-order valence-corrected chi connectivity index (χ2v) is 8.14. The number of carbonyl (C=O) groups is 1. The maximum absolute atomic E-state index is 12.7. The van der Waals surface area contributed by atoms with E-state index in [2.05, 4.69) is 36.3 Å². The highest BCUT2D eigenvalue weighted by molar-refractivity contribution is 7.13. The van der Waals surface area contributed by atoms with Gasteiger partial charge in [0.05, 0.1) is 10.4 Å². The fourth-order valence-electron chi connectivity index (χ4n) is 3.85. The van der Waals surface area contributed by atoms with Crippen LogP contribution in [-0.4, -0.2) is 47.0 Å². The Balaban J connectivity index is 1.60. The maximum Gasteiger partial charge on any atom is 0.225 e. The van der Waals surface area contributed by atoms with Crippen molar-refractivity contribution in [1.29, 1.82) is 0 Å². The van der Waals surface area contributed by atoms with Gasteiger partial charge in [0.2, 0.25) is 5.91 Å². The minimum Gasteiger partial charge on any atom is -0.352 e. The minimum atomic E-state index is 0.150.